The zero-order chi connectivity index (χ0) is 27.4. The Balaban J connectivity index is 2.29. The Hall–Kier alpha value is -2.57. The van der Waals surface area contributed by atoms with Crippen LogP contribution in [0.4, 0.5) is 5.69 Å². The summed E-state index contributed by atoms with van der Waals surface area (Å²) in [5.41, 5.74) is 1.89. The summed E-state index contributed by atoms with van der Waals surface area (Å²) in [7, 11) is 0. The van der Waals surface area contributed by atoms with Crippen molar-refractivity contribution in [3.05, 3.63) is 45.3 Å². The number of nitrogens with zero attached hydrogens (tertiary/aromatic N) is 1. The molecule has 0 atom stereocenters. The van der Waals surface area contributed by atoms with Gasteiger partial charge in [-0.15, -0.1) is 23.2 Å². The summed E-state index contributed by atoms with van der Waals surface area (Å²) in [6.45, 7) is 10.9. The second-order valence-corrected chi connectivity index (χ2v) is 9.78. The van der Waals surface area contributed by atoms with Crippen LogP contribution in [0.2, 0.25) is 0 Å². The van der Waals surface area contributed by atoms with Crippen molar-refractivity contribution in [1.82, 2.24) is 0 Å². The molecule has 2 rings (SSSR count). The van der Waals surface area contributed by atoms with Gasteiger partial charge >= 0.3 is 5.97 Å². The number of phenolic OH excluding ortho intramolecular Hbond substituents is 2. The number of esters is 1. The predicted molar refractivity (Wildman–Crippen MR) is 153 cm³/mol. The van der Waals surface area contributed by atoms with E-state index in [-0.39, 0.29) is 16.7 Å². The van der Waals surface area contributed by atoms with E-state index in [0.29, 0.717) is 59.1 Å². The maximum Gasteiger partial charge on any atom is 0.343 e. The lowest BCUT2D eigenvalue weighted by Crippen LogP contribution is -2.28. The molecule has 0 radical (unpaired) electrons. The largest absolute Gasteiger partial charge is 0.507 e. The Morgan fingerprint density at radius 2 is 1.65 bits per heavy atom. The van der Waals surface area contributed by atoms with Crippen molar-refractivity contribution in [2.75, 3.05) is 36.4 Å². The minimum absolute atomic E-state index is 0.0500. The van der Waals surface area contributed by atoms with Gasteiger partial charge in [0.05, 0.1) is 23.1 Å². The summed E-state index contributed by atoms with van der Waals surface area (Å²) in [6, 6.07) is 5.13. The lowest BCUT2D eigenvalue weighted by molar-refractivity contribution is 0.0705. The molecule has 6 nitrogen and oxygen atoms in total. The molecule has 0 bridgehead atoms. The van der Waals surface area contributed by atoms with Gasteiger partial charge in [-0.05, 0) is 38.5 Å². The van der Waals surface area contributed by atoms with E-state index in [1.54, 1.807) is 26.0 Å². The highest BCUT2D eigenvalue weighted by molar-refractivity contribution is 6.18. The molecule has 2 aromatic carbocycles. The van der Waals surface area contributed by atoms with E-state index in [1.807, 2.05) is 11.0 Å². The van der Waals surface area contributed by atoms with Crippen LogP contribution in [0.3, 0.4) is 0 Å². The van der Waals surface area contributed by atoms with Gasteiger partial charge < -0.3 is 24.6 Å². The minimum Gasteiger partial charge on any atom is -0.507 e. The Bertz CT molecular complexity index is 1110. The van der Waals surface area contributed by atoms with Crippen LogP contribution in [0.5, 0.6) is 17.2 Å². The van der Waals surface area contributed by atoms with Crippen molar-refractivity contribution in [3.63, 3.8) is 0 Å². The van der Waals surface area contributed by atoms with Crippen molar-refractivity contribution >= 4 is 47.7 Å². The molecule has 8 heteroatoms. The molecule has 0 amide bonds. The number of hydrogen-bond acceptors (Lipinski definition) is 6. The summed E-state index contributed by atoms with van der Waals surface area (Å²) >= 11 is 12.0. The quantitative estimate of drug-likeness (QED) is 0.127. The maximum atomic E-state index is 12.9. The normalized spacial score (nSPS) is 11.5. The van der Waals surface area contributed by atoms with Crippen molar-refractivity contribution in [2.24, 2.45) is 0 Å². The Morgan fingerprint density at radius 3 is 2.30 bits per heavy atom. The fourth-order valence-corrected chi connectivity index (χ4v) is 4.43. The third kappa shape index (κ3) is 8.47. The molecule has 2 N–H and O–H groups in total. The van der Waals surface area contributed by atoms with E-state index in [2.05, 4.69) is 13.5 Å². The zero-order valence-corrected chi connectivity index (χ0v) is 23.6. The highest BCUT2D eigenvalue weighted by Crippen LogP contribution is 2.31. The number of rotatable bonds is 15. The van der Waals surface area contributed by atoms with Gasteiger partial charge in [0.25, 0.3) is 0 Å². The molecule has 37 heavy (non-hydrogen) atoms. The van der Waals surface area contributed by atoms with E-state index < -0.39 is 5.97 Å². The number of carbonyl (C=O) groups excluding carboxylic acids is 1. The number of halogens is 2. The summed E-state index contributed by atoms with van der Waals surface area (Å²) in [5, 5.41) is 21.3. The molecule has 0 heterocycles. The van der Waals surface area contributed by atoms with Crippen molar-refractivity contribution < 1.29 is 24.5 Å². The molecule has 0 spiro atoms. The van der Waals surface area contributed by atoms with Gasteiger partial charge in [-0.25, -0.2) is 4.79 Å². The number of carbonyl (C=O) groups is 1. The summed E-state index contributed by atoms with van der Waals surface area (Å²) in [4.78, 5) is 15.0. The van der Waals surface area contributed by atoms with Crippen molar-refractivity contribution in [1.29, 1.82) is 0 Å². The average molecular weight is 553 g/mol. The first-order chi connectivity index (χ1) is 17.8. The second-order valence-electron chi connectivity index (χ2n) is 9.03. The molecule has 0 aliphatic rings. The van der Waals surface area contributed by atoms with E-state index in [9.17, 15) is 15.0 Å². The number of phenols is 2. The van der Waals surface area contributed by atoms with Crippen LogP contribution in [0.1, 0.15) is 66.9 Å². The van der Waals surface area contributed by atoms with Gasteiger partial charge in [0.15, 0.2) is 0 Å². The van der Waals surface area contributed by atoms with Gasteiger partial charge in [0.1, 0.15) is 23.5 Å². The van der Waals surface area contributed by atoms with E-state index in [0.717, 1.165) is 24.8 Å². The van der Waals surface area contributed by atoms with Gasteiger partial charge in [-0.2, -0.15) is 0 Å². The number of ether oxygens (including phenoxy) is 2. The molecule has 0 saturated heterocycles. The number of unbranched alkanes of at least 4 members (excludes halogenated alkanes) is 5. The van der Waals surface area contributed by atoms with Crippen LogP contribution in [-0.2, 0) is 4.74 Å². The lowest BCUT2D eigenvalue weighted by Gasteiger charge is -2.25. The second kappa shape index (κ2) is 15.6. The van der Waals surface area contributed by atoms with E-state index in [1.165, 1.54) is 25.7 Å². The SMILES string of the molecule is C=c1c(C)c(O)c(=COC(=O)c2ccc(N(CCCl)CCCl)c(OCCCCCCCC)c2)c(C)c1O. The smallest absolute Gasteiger partial charge is 0.343 e. The van der Waals surface area contributed by atoms with Gasteiger partial charge in [0, 0.05) is 41.2 Å². The van der Waals surface area contributed by atoms with Crippen LogP contribution in [0.15, 0.2) is 18.2 Å². The summed E-state index contributed by atoms with van der Waals surface area (Å²) in [5.74, 6) is 0.649. The molecule has 0 unspecified atom stereocenters. The molecule has 204 valence electrons. The van der Waals surface area contributed by atoms with E-state index in [4.69, 9.17) is 32.7 Å². The fraction of sp³-hybridized carbons (Fsp3) is 0.483. The lowest BCUT2D eigenvalue weighted by atomic mass is 10.1. The Kier molecular flexibility index (Phi) is 12.9. The maximum absolute atomic E-state index is 12.9. The molecule has 0 aliphatic carbocycles. The highest BCUT2D eigenvalue weighted by atomic mass is 35.5. The molecular formula is C29H39Cl2NO5. The van der Waals surface area contributed by atoms with Gasteiger partial charge in [-0.3, -0.25) is 0 Å². The number of aromatic hydroxyl groups is 2. The first kappa shape index (κ1) is 30.7. The average Bonchev–Trinajstić information content (AvgIpc) is 2.90. The third-order valence-corrected chi connectivity index (χ3v) is 6.73. The number of alkyl halides is 2. The molecule has 2 aromatic rings. The minimum atomic E-state index is -0.619. The topological polar surface area (TPSA) is 79.2 Å². The predicted octanol–water partition coefficient (Wildman–Crippen LogP) is 5.74. The molecular weight excluding hydrogens is 513 g/mol. The van der Waals surface area contributed by atoms with Gasteiger partial charge in [0.2, 0.25) is 0 Å². The highest BCUT2D eigenvalue weighted by Gasteiger charge is 2.17. The summed E-state index contributed by atoms with van der Waals surface area (Å²) < 4.78 is 11.5. The molecule has 0 fully saturated rings. The monoisotopic (exact) mass is 551 g/mol. The van der Waals surface area contributed by atoms with Crippen LogP contribution in [-0.4, -0.2) is 47.6 Å². The Morgan fingerprint density at radius 1 is 1.00 bits per heavy atom. The fourth-order valence-electron chi connectivity index (χ4n) is 4.02. The van der Waals surface area contributed by atoms with Crippen molar-refractivity contribution in [2.45, 2.75) is 59.3 Å². The van der Waals surface area contributed by atoms with Crippen molar-refractivity contribution in [3.8, 4) is 17.2 Å². The van der Waals surface area contributed by atoms with Gasteiger partial charge in [-0.1, -0.05) is 45.6 Å². The zero-order valence-electron chi connectivity index (χ0n) is 22.1. The molecule has 0 aliphatic heterocycles. The van der Waals surface area contributed by atoms with Crippen LogP contribution >= 0.6 is 23.2 Å². The Labute approximate surface area is 230 Å². The van der Waals surface area contributed by atoms with E-state index >= 15 is 0 Å². The first-order valence-electron chi connectivity index (χ1n) is 12.8. The third-order valence-electron chi connectivity index (χ3n) is 6.39. The first-order valence-corrected chi connectivity index (χ1v) is 13.9. The summed E-state index contributed by atoms with van der Waals surface area (Å²) in [6.07, 6.45) is 8.00. The standard InChI is InChI=1S/C29H39Cl2NO5/c1-5-6-7-8-9-10-17-36-26-18-23(11-12-25(26)32(15-13-30)16-14-31)29(35)37-19-24-22(4)27(33)20(2)21(3)28(24)34/h11-12,18-19,33-34H,2,5-10,13-17H2,1,3-4H3. The molecule has 0 aromatic heterocycles. The number of hydrogen-bond donors (Lipinski definition) is 2. The number of anilines is 1. The number of benzene rings is 2. The molecule has 0 saturated carbocycles. The van der Waals surface area contributed by atoms with Crippen LogP contribution < -0.4 is 20.1 Å². The van der Waals surface area contributed by atoms with Crippen LogP contribution in [0.25, 0.3) is 12.8 Å². The van der Waals surface area contributed by atoms with Crippen LogP contribution in [0, 0.1) is 13.8 Å².